The first-order chi connectivity index (χ1) is 9.34. The Balaban J connectivity index is 2.32. The van der Waals surface area contributed by atoms with Gasteiger partial charge in [0.25, 0.3) is 0 Å². The van der Waals surface area contributed by atoms with Crippen LogP contribution in [0.4, 0.5) is 0 Å². The van der Waals surface area contributed by atoms with E-state index in [1.807, 2.05) is 18.3 Å². The van der Waals surface area contributed by atoms with Crippen molar-refractivity contribution in [2.45, 2.75) is 6.92 Å². The summed E-state index contributed by atoms with van der Waals surface area (Å²) in [5.74, 6) is 0. The molecule has 0 bridgehead atoms. The Hall–Kier alpha value is -2.48. The number of aromatic nitrogens is 2. The molecule has 0 aliphatic carbocycles. The Morgan fingerprint density at radius 2 is 1.68 bits per heavy atom. The van der Waals surface area contributed by atoms with E-state index in [9.17, 15) is 0 Å². The van der Waals surface area contributed by atoms with Crippen molar-refractivity contribution in [2.75, 3.05) is 0 Å². The lowest BCUT2D eigenvalue weighted by Crippen LogP contribution is -1.90. The maximum Gasteiger partial charge on any atom is 0.0974 e. The lowest BCUT2D eigenvalue weighted by atomic mass is 10.0. The van der Waals surface area contributed by atoms with Gasteiger partial charge in [0.2, 0.25) is 0 Å². The van der Waals surface area contributed by atoms with Crippen LogP contribution in [0.3, 0.4) is 0 Å². The molecule has 19 heavy (non-hydrogen) atoms. The van der Waals surface area contributed by atoms with E-state index in [-0.39, 0.29) is 0 Å². The molecule has 4 aromatic rings. The molecular weight excluding hydrogens is 232 g/mol. The molecule has 0 radical (unpaired) electrons. The van der Waals surface area contributed by atoms with Gasteiger partial charge in [0.1, 0.15) is 0 Å². The van der Waals surface area contributed by atoms with Gasteiger partial charge in [-0.15, -0.1) is 0 Å². The van der Waals surface area contributed by atoms with Crippen molar-refractivity contribution in [3.63, 3.8) is 0 Å². The molecule has 2 aromatic heterocycles. The summed E-state index contributed by atoms with van der Waals surface area (Å²) in [5.41, 5.74) is 4.28. The Morgan fingerprint density at radius 1 is 0.789 bits per heavy atom. The average molecular weight is 244 g/mol. The molecule has 2 nitrogen and oxygen atoms in total. The molecule has 0 aliphatic heterocycles. The van der Waals surface area contributed by atoms with Crippen LogP contribution in [0.15, 0.2) is 54.7 Å². The largest absolute Gasteiger partial charge is 0.254 e. The van der Waals surface area contributed by atoms with Crippen molar-refractivity contribution in [1.29, 1.82) is 0 Å². The molecular formula is C17H12N2. The zero-order valence-electron chi connectivity index (χ0n) is 10.6. The van der Waals surface area contributed by atoms with Crippen LogP contribution in [0, 0.1) is 6.92 Å². The monoisotopic (exact) mass is 244 g/mol. The summed E-state index contributed by atoms with van der Waals surface area (Å²) in [6, 6.07) is 16.6. The SMILES string of the molecule is Cc1c2ccccc2nc2c1ccc1cccnc12. The van der Waals surface area contributed by atoms with Gasteiger partial charge in [0, 0.05) is 22.4 Å². The van der Waals surface area contributed by atoms with Crippen LogP contribution < -0.4 is 0 Å². The van der Waals surface area contributed by atoms with E-state index in [2.05, 4.69) is 48.3 Å². The smallest absolute Gasteiger partial charge is 0.0974 e. The number of benzene rings is 2. The third-order valence-corrected chi connectivity index (χ3v) is 3.69. The number of rotatable bonds is 0. The van der Waals surface area contributed by atoms with Crippen LogP contribution in [0.25, 0.3) is 32.7 Å². The zero-order chi connectivity index (χ0) is 12.8. The molecule has 90 valence electrons. The van der Waals surface area contributed by atoms with Gasteiger partial charge in [-0.25, -0.2) is 4.98 Å². The van der Waals surface area contributed by atoms with Gasteiger partial charge < -0.3 is 0 Å². The molecule has 0 atom stereocenters. The van der Waals surface area contributed by atoms with E-state index in [4.69, 9.17) is 4.98 Å². The highest BCUT2D eigenvalue weighted by molar-refractivity contribution is 6.08. The van der Waals surface area contributed by atoms with Crippen molar-refractivity contribution < 1.29 is 0 Å². The summed E-state index contributed by atoms with van der Waals surface area (Å²) in [4.78, 5) is 9.30. The Kier molecular flexibility index (Phi) is 2.06. The normalized spacial score (nSPS) is 11.4. The fourth-order valence-corrected chi connectivity index (χ4v) is 2.70. The zero-order valence-corrected chi connectivity index (χ0v) is 10.6. The number of nitrogens with zero attached hydrogens (tertiary/aromatic N) is 2. The van der Waals surface area contributed by atoms with E-state index in [1.165, 1.54) is 16.3 Å². The number of pyridine rings is 2. The van der Waals surface area contributed by atoms with Crippen LogP contribution >= 0.6 is 0 Å². The molecule has 0 fully saturated rings. The maximum absolute atomic E-state index is 4.80. The van der Waals surface area contributed by atoms with Crippen LogP contribution in [-0.4, -0.2) is 9.97 Å². The van der Waals surface area contributed by atoms with E-state index in [0.717, 1.165) is 21.9 Å². The van der Waals surface area contributed by atoms with E-state index < -0.39 is 0 Å². The van der Waals surface area contributed by atoms with E-state index >= 15 is 0 Å². The second kappa shape index (κ2) is 3.75. The minimum atomic E-state index is 0.980. The van der Waals surface area contributed by atoms with Gasteiger partial charge >= 0.3 is 0 Å². The number of hydrogen-bond acceptors (Lipinski definition) is 2. The molecule has 0 saturated heterocycles. The van der Waals surface area contributed by atoms with Crippen LogP contribution in [0.1, 0.15) is 5.56 Å². The standard InChI is InChI=1S/C17H12N2/c1-11-13-6-2-3-7-15(13)19-17-14(11)9-8-12-5-4-10-18-16(12)17/h2-10H,1H3. The molecule has 4 rings (SSSR count). The Labute approximate surface area is 110 Å². The van der Waals surface area contributed by atoms with Gasteiger partial charge in [0.05, 0.1) is 16.6 Å². The van der Waals surface area contributed by atoms with Gasteiger partial charge in [0.15, 0.2) is 0 Å². The lowest BCUT2D eigenvalue weighted by Gasteiger charge is -2.08. The van der Waals surface area contributed by atoms with E-state index in [1.54, 1.807) is 0 Å². The minimum absolute atomic E-state index is 0.980. The summed E-state index contributed by atoms with van der Waals surface area (Å²) in [7, 11) is 0. The first kappa shape index (κ1) is 10.4. The number of fused-ring (bicyclic) bond motifs is 4. The summed E-state index contributed by atoms with van der Waals surface area (Å²) in [6.45, 7) is 2.15. The van der Waals surface area contributed by atoms with Gasteiger partial charge in [-0.2, -0.15) is 0 Å². The Bertz CT molecular complexity index is 926. The summed E-state index contributed by atoms with van der Waals surface area (Å²) < 4.78 is 0. The van der Waals surface area contributed by atoms with Crippen molar-refractivity contribution in [3.05, 3.63) is 60.3 Å². The highest BCUT2D eigenvalue weighted by Crippen LogP contribution is 2.29. The lowest BCUT2D eigenvalue weighted by molar-refractivity contribution is 1.39. The molecule has 2 heteroatoms. The number of hydrogen-bond donors (Lipinski definition) is 0. The van der Waals surface area contributed by atoms with Crippen LogP contribution in [0.5, 0.6) is 0 Å². The van der Waals surface area contributed by atoms with Crippen LogP contribution in [0.2, 0.25) is 0 Å². The second-order valence-corrected chi connectivity index (χ2v) is 4.79. The number of para-hydroxylation sites is 1. The molecule has 0 unspecified atom stereocenters. The molecule has 0 N–H and O–H groups in total. The van der Waals surface area contributed by atoms with Crippen molar-refractivity contribution in [1.82, 2.24) is 9.97 Å². The van der Waals surface area contributed by atoms with Gasteiger partial charge in [-0.05, 0) is 24.6 Å². The van der Waals surface area contributed by atoms with Gasteiger partial charge in [-0.3, -0.25) is 4.98 Å². The average Bonchev–Trinajstić information content (AvgIpc) is 2.47. The topological polar surface area (TPSA) is 25.8 Å². The minimum Gasteiger partial charge on any atom is -0.254 e. The predicted molar refractivity (Wildman–Crippen MR) is 79.3 cm³/mol. The predicted octanol–water partition coefficient (Wildman–Crippen LogP) is 4.24. The number of aryl methyl sites for hydroxylation is 1. The third-order valence-electron chi connectivity index (χ3n) is 3.69. The van der Waals surface area contributed by atoms with E-state index in [0.29, 0.717) is 0 Å². The quantitative estimate of drug-likeness (QED) is 0.341. The van der Waals surface area contributed by atoms with Crippen molar-refractivity contribution in [2.24, 2.45) is 0 Å². The summed E-state index contributed by atoms with van der Waals surface area (Å²) in [5, 5.41) is 3.53. The molecule has 0 saturated carbocycles. The fourth-order valence-electron chi connectivity index (χ4n) is 2.70. The highest BCUT2D eigenvalue weighted by Gasteiger charge is 2.08. The van der Waals surface area contributed by atoms with Gasteiger partial charge in [-0.1, -0.05) is 36.4 Å². The highest BCUT2D eigenvalue weighted by atomic mass is 14.7. The second-order valence-electron chi connectivity index (χ2n) is 4.79. The molecule has 0 aliphatic rings. The Morgan fingerprint density at radius 3 is 2.63 bits per heavy atom. The fraction of sp³-hybridized carbons (Fsp3) is 0.0588. The van der Waals surface area contributed by atoms with Crippen LogP contribution in [-0.2, 0) is 0 Å². The molecule has 2 heterocycles. The maximum atomic E-state index is 4.80. The first-order valence-electron chi connectivity index (χ1n) is 6.37. The van der Waals surface area contributed by atoms with Crippen molar-refractivity contribution in [3.8, 4) is 0 Å². The summed E-state index contributed by atoms with van der Waals surface area (Å²) >= 11 is 0. The molecule has 0 amide bonds. The first-order valence-corrected chi connectivity index (χ1v) is 6.37. The summed E-state index contributed by atoms with van der Waals surface area (Å²) in [6.07, 6.45) is 1.83. The molecule has 2 aromatic carbocycles. The van der Waals surface area contributed by atoms with Crippen molar-refractivity contribution >= 4 is 32.7 Å². The third kappa shape index (κ3) is 1.43. The molecule has 0 spiro atoms.